The lowest BCUT2D eigenvalue weighted by Crippen LogP contribution is -2.70. The molecule has 4 aliphatic carbocycles. The standard InChI is InChI=1S/C27H48O6/c1-15(14-28)6-5-7-16(2)17-12-19(30)24-25(17,3)11-9-21-26(4)10-8-18(29)23(32)22(26)20(31)13-27(21,24)33/h15-24,28-33H,5-14H2,1-4H3/t15-,16+,17?,18-,19+,20-,21?,22?,23-,24?,25+,26+,27-/m0/s1. The molecule has 4 fully saturated rings. The summed E-state index contributed by atoms with van der Waals surface area (Å²) in [5.41, 5.74) is -1.82. The van der Waals surface area contributed by atoms with Crippen molar-refractivity contribution in [2.45, 2.75) is 115 Å². The fourth-order valence-electron chi connectivity index (χ4n) is 9.60. The predicted molar refractivity (Wildman–Crippen MR) is 126 cm³/mol. The maximum Gasteiger partial charge on any atom is 0.0857 e. The summed E-state index contributed by atoms with van der Waals surface area (Å²) in [4.78, 5) is 0. The van der Waals surface area contributed by atoms with E-state index in [-0.39, 0.29) is 30.3 Å². The first-order chi connectivity index (χ1) is 15.4. The Morgan fingerprint density at radius 2 is 1.55 bits per heavy atom. The van der Waals surface area contributed by atoms with Gasteiger partial charge in [0.05, 0.1) is 30.0 Å². The molecular formula is C27H48O6. The molecule has 6 N–H and O–H groups in total. The van der Waals surface area contributed by atoms with Crippen molar-refractivity contribution >= 4 is 0 Å². The van der Waals surface area contributed by atoms with Crippen LogP contribution in [0.3, 0.4) is 0 Å². The van der Waals surface area contributed by atoms with Gasteiger partial charge in [-0.3, -0.25) is 0 Å². The molecule has 4 saturated carbocycles. The van der Waals surface area contributed by atoms with Gasteiger partial charge < -0.3 is 30.6 Å². The van der Waals surface area contributed by atoms with Gasteiger partial charge in [-0.05, 0) is 73.0 Å². The molecule has 0 aromatic rings. The fraction of sp³-hybridized carbons (Fsp3) is 1.00. The third kappa shape index (κ3) is 3.92. The van der Waals surface area contributed by atoms with E-state index < -0.39 is 41.3 Å². The number of rotatable bonds is 6. The summed E-state index contributed by atoms with van der Waals surface area (Å²) < 4.78 is 0. The smallest absolute Gasteiger partial charge is 0.0857 e. The summed E-state index contributed by atoms with van der Waals surface area (Å²) in [6.45, 7) is 8.90. The highest BCUT2D eigenvalue weighted by Crippen LogP contribution is 2.69. The minimum atomic E-state index is -1.17. The van der Waals surface area contributed by atoms with Gasteiger partial charge in [-0.15, -0.1) is 0 Å². The van der Waals surface area contributed by atoms with E-state index in [1.165, 1.54) is 0 Å². The molecule has 0 bridgehead atoms. The van der Waals surface area contributed by atoms with Crippen LogP contribution in [0.4, 0.5) is 0 Å². The van der Waals surface area contributed by atoms with Crippen molar-refractivity contribution in [2.75, 3.05) is 6.61 Å². The largest absolute Gasteiger partial charge is 0.396 e. The van der Waals surface area contributed by atoms with Crippen LogP contribution in [0, 0.1) is 46.3 Å². The van der Waals surface area contributed by atoms with Crippen molar-refractivity contribution in [2.24, 2.45) is 46.3 Å². The molecule has 4 rings (SSSR count). The van der Waals surface area contributed by atoms with Gasteiger partial charge in [0.1, 0.15) is 0 Å². The third-order valence-corrected chi connectivity index (χ3v) is 11.2. The number of aliphatic hydroxyl groups is 6. The monoisotopic (exact) mass is 468 g/mol. The first kappa shape index (κ1) is 25.8. The second-order valence-corrected chi connectivity index (χ2v) is 13.1. The molecule has 0 amide bonds. The van der Waals surface area contributed by atoms with Gasteiger partial charge in [-0.1, -0.05) is 40.5 Å². The SMILES string of the molecule is C[C@H](CO)CCC[C@@H](C)C1C[C@@H](O)C2[C@]1(C)CCC1[C@@]3(C)CC[C@H](O)[C@H](O)C3[C@@H](O)C[C@]12O. The maximum atomic E-state index is 12.3. The lowest BCUT2D eigenvalue weighted by molar-refractivity contribution is -0.280. The van der Waals surface area contributed by atoms with Crippen LogP contribution in [0.2, 0.25) is 0 Å². The molecule has 4 unspecified atom stereocenters. The number of hydrogen-bond acceptors (Lipinski definition) is 6. The zero-order valence-electron chi connectivity index (χ0n) is 21.0. The predicted octanol–water partition coefficient (Wildman–Crippen LogP) is 2.47. The average Bonchev–Trinajstić information content (AvgIpc) is 3.02. The van der Waals surface area contributed by atoms with Crippen LogP contribution in [0.1, 0.15) is 85.5 Å². The van der Waals surface area contributed by atoms with Crippen molar-refractivity contribution in [3.63, 3.8) is 0 Å². The summed E-state index contributed by atoms with van der Waals surface area (Å²) in [5.74, 6) is 0.208. The quantitative estimate of drug-likeness (QED) is 0.356. The molecule has 0 heterocycles. The molecule has 0 radical (unpaired) electrons. The van der Waals surface area contributed by atoms with Crippen molar-refractivity contribution in [3.05, 3.63) is 0 Å². The minimum absolute atomic E-state index is 0.104. The second-order valence-electron chi connectivity index (χ2n) is 13.1. The van der Waals surface area contributed by atoms with E-state index in [4.69, 9.17) is 0 Å². The highest BCUT2D eigenvalue weighted by Gasteiger charge is 2.71. The Bertz CT molecular complexity index is 702. The number of aliphatic hydroxyl groups excluding tert-OH is 5. The van der Waals surface area contributed by atoms with E-state index >= 15 is 0 Å². The van der Waals surface area contributed by atoms with E-state index in [2.05, 4.69) is 27.7 Å². The highest BCUT2D eigenvalue weighted by atomic mass is 16.3. The molecule has 4 aliphatic rings. The highest BCUT2D eigenvalue weighted by molar-refractivity contribution is 5.20. The first-order valence-corrected chi connectivity index (χ1v) is 13.5. The van der Waals surface area contributed by atoms with E-state index in [0.29, 0.717) is 37.0 Å². The zero-order chi connectivity index (χ0) is 24.3. The number of hydrogen-bond donors (Lipinski definition) is 6. The molecule has 0 spiro atoms. The van der Waals surface area contributed by atoms with E-state index in [0.717, 1.165) is 32.1 Å². The van der Waals surface area contributed by atoms with Gasteiger partial charge in [0.25, 0.3) is 0 Å². The molecule has 0 aromatic heterocycles. The Balaban J connectivity index is 1.59. The normalized spacial score (nSPS) is 53.6. The summed E-state index contributed by atoms with van der Waals surface area (Å²) in [7, 11) is 0. The van der Waals surface area contributed by atoms with Crippen molar-refractivity contribution in [1.82, 2.24) is 0 Å². The van der Waals surface area contributed by atoms with E-state index in [9.17, 15) is 30.6 Å². The second kappa shape index (κ2) is 9.01. The van der Waals surface area contributed by atoms with Gasteiger partial charge in [0, 0.05) is 24.9 Å². The van der Waals surface area contributed by atoms with Gasteiger partial charge in [-0.2, -0.15) is 0 Å². The van der Waals surface area contributed by atoms with Crippen LogP contribution in [0.15, 0.2) is 0 Å². The van der Waals surface area contributed by atoms with Crippen LogP contribution in [-0.4, -0.2) is 67.3 Å². The summed E-state index contributed by atoms with van der Waals surface area (Å²) >= 11 is 0. The van der Waals surface area contributed by atoms with Gasteiger partial charge in [-0.25, -0.2) is 0 Å². The minimum Gasteiger partial charge on any atom is -0.396 e. The first-order valence-electron chi connectivity index (χ1n) is 13.5. The van der Waals surface area contributed by atoms with Crippen LogP contribution in [-0.2, 0) is 0 Å². The molecule has 6 heteroatoms. The molecule has 192 valence electrons. The van der Waals surface area contributed by atoms with Gasteiger partial charge in [0.2, 0.25) is 0 Å². The lowest BCUT2D eigenvalue weighted by Gasteiger charge is -2.66. The van der Waals surface area contributed by atoms with Crippen LogP contribution in [0.25, 0.3) is 0 Å². The van der Waals surface area contributed by atoms with E-state index in [1.807, 2.05) is 0 Å². The van der Waals surface area contributed by atoms with Crippen LogP contribution in [0.5, 0.6) is 0 Å². The molecule has 33 heavy (non-hydrogen) atoms. The number of fused-ring (bicyclic) bond motifs is 5. The molecule has 6 nitrogen and oxygen atoms in total. The Morgan fingerprint density at radius 3 is 2.21 bits per heavy atom. The molecule has 0 saturated heterocycles. The Morgan fingerprint density at radius 1 is 0.879 bits per heavy atom. The Kier molecular flexibility index (Phi) is 7.05. The topological polar surface area (TPSA) is 121 Å². The Hall–Kier alpha value is -0.240. The van der Waals surface area contributed by atoms with Gasteiger partial charge >= 0.3 is 0 Å². The molecule has 0 aliphatic heterocycles. The zero-order valence-corrected chi connectivity index (χ0v) is 21.0. The summed E-state index contributed by atoms with van der Waals surface area (Å²) in [6.07, 6.45) is 3.57. The summed E-state index contributed by atoms with van der Waals surface area (Å²) in [5, 5.41) is 65.2. The van der Waals surface area contributed by atoms with Crippen molar-refractivity contribution < 1.29 is 30.6 Å². The molecule has 13 atom stereocenters. The fourth-order valence-corrected chi connectivity index (χ4v) is 9.60. The van der Waals surface area contributed by atoms with Crippen molar-refractivity contribution in [1.29, 1.82) is 0 Å². The van der Waals surface area contributed by atoms with E-state index in [1.54, 1.807) is 0 Å². The van der Waals surface area contributed by atoms with Gasteiger partial charge in [0.15, 0.2) is 0 Å². The molecule has 0 aromatic carbocycles. The van der Waals surface area contributed by atoms with Crippen LogP contribution < -0.4 is 0 Å². The Labute approximate surface area is 199 Å². The summed E-state index contributed by atoms with van der Waals surface area (Å²) in [6, 6.07) is 0. The van der Waals surface area contributed by atoms with Crippen molar-refractivity contribution in [3.8, 4) is 0 Å². The average molecular weight is 469 g/mol. The lowest BCUT2D eigenvalue weighted by atomic mass is 9.41. The van der Waals surface area contributed by atoms with Crippen LogP contribution >= 0.6 is 0 Å². The molecular weight excluding hydrogens is 420 g/mol. The maximum absolute atomic E-state index is 12.3. The third-order valence-electron chi connectivity index (χ3n) is 11.2.